The molecule has 0 saturated heterocycles. The van der Waals surface area contributed by atoms with Crippen molar-refractivity contribution in [1.82, 2.24) is 15.3 Å². The van der Waals surface area contributed by atoms with Crippen molar-refractivity contribution >= 4 is 35.0 Å². The number of esters is 1. The highest BCUT2D eigenvalue weighted by Crippen LogP contribution is 2.23. The molecule has 0 fully saturated rings. The van der Waals surface area contributed by atoms with Crippen molar-refractivity contribution in [2.45, 2.75) is 45.3 Å². The molecule has 1 atom stereocenters. The van der Waals surface area contributed by atoms with E-state index in [0.29, 0.717) is 17.7 Å². The minimum absolute atomic E-state index is 0.00578. The van der Waals surface area contributed by atoms with Crippen LogP contribution >= 0.6 is 23.1 Å². The van der Waals surface area contributed by atoms with Gasteiger partial charge in [0.1, 0.15) is 17.7 Å². The molecule has 0 spiro atoms. The van der Waals surface area contributed by atoms with Crippen molar-refractivity contribution in [3.8, 4) is 10.7 Å². The molecule has 174 valence electrons. The quantitative estimate of drug-likeness (QED) is 0.427. The van der Waals surface area contributed by atoms with Crippen molar-refractivity contribution in [3.63, 3.8) is 0 Å². The smallest absolute Gasteiger partial charge is 0.329 e. The number of hydrogen-bond donors (Lipinski definition) is 1. The third-order valence-corrected chi connectivity index (χ3v) is 6.57. The summed E-state index contributed by atoms with van der Waals surface area (Å²) >= 11 is 3.06. The number of nitrogens with zero attached hydrogens (tertiary/aromatic N) is 2. The van der Waals surface area contributed by atoms with Crippen LogP contribution in [0.5, 0.6) is 0 Å². The predicted molar refractivity (Wildman–Crippen MR) is 135 cm³/mol. The Morgan fingerprint density at radius 2 is 1.91 bits per heavy atom. The number of carbonyl (C=O) groups excluding carboxylic acids is 2. The Kier molecular flexibility index (Phi) is 8.63. The molecule has 0 saturated carbocycles. The van der Waals surface area contributed by atoms with E-state index in [1.807, 2.05) is 42.0 Å². The fourth-order valence-electron chi connectivity index (χ4n) is 3.07. The lowest BCUT2D eigenvalue weighted by Crippen LogP contribution is -2.42. The van der Waals surface area contributed by atoms with Crippen LogP contribution in [0.3, 0.4) is 0 Å². The predicted octanol–water partition coefficient (Wildman–Crippen LogP) is 5.10. The number of amides is 1. The molecule has 33 heavy (non-hydrogen) atoms. The van der Waals surface area contributed by atoms with E-state index in [1.54, 1.807) is 30.1 Å². The van der Waals surface area contributed by atoms with E-state index < -0.39 is 12.0 Å². The molecule has 6 nitrogen and oxygen atoms in total. The Labute approximate surface area is 203 Å². The molecule has 1 unspecified atom stereocenters. The maximum atomic E-state index is 12.8. The van der Waals surface area contributed by atoms with Gasteiger partial charge in [-0.05, 0) is 53.7 Å². The Hall–Kier alpha value is -2.71. The zero-order valence-corrected chi connectivity index (χ0v) is 21.0. The van der Waals surface area contributed by atoms with Crippen LogP contribution in [0.1, 0.15) is 48.8 Å². The number of hydrogen-bond acceptors (Lipinski definition) is 7. The Bertz CT molecular complexity index is 1060. The van der Waals surface area contributed by atoms with E-state index >= 15 is 0 Å². The van der Waals surface area contributed by atoms with Gasteiger partial charge in [0.05, 0.1) is 11.4 Å². The third-order valence-electron chi connectivity index (χ3n) is 5.01. The number of rotatable bonds is 9. The first-order chi connectivity index (χ1) is 15.8. The first-order valence-corrected chi connectivity index (χ1v) is 13.0. The Morgan fingerprint density at radius 1 is 1.15 bits per heavy atom. The normalized spacial score (nSPS) is 12.2. The average molecular weight is 484 g/mol. The summed E-state index contributed by atoms with van der Waals surface area (Å²) in [6.07, 6.45) is 4.16. The highest BCUT2D eigenvalue weighted by molar-refractivity contribution is 7.98. The lowest BCUT2D eigenvalue weighted by molar-refractivity contribution is -0.147. The number of nitrogens with one attached hydrogen (secondary N) is 1. The zero-order chi connectivity index (χ0) is 23.8. The van der Waals surface area contributed by atoms with Crippen LogP contribution in [0.2, 0.25) is 0 Å². The molecule has 1 N–H and O–H groups in total. The first kappa shape index (κ1) is 24.9. The van der Waals surface area contributed by atoms with Gasteiger partial charge >= 0.3 is 5.97 Å². The number of benzene rings is 1. The fraction of sp³-hybridized carbons (Fsp3) is 0.360. The molecule has 3 rings (SSSR count). The van der Waals surface area contributed by atoms with E-state index in [0.717, 1.165) is 22.0 Å². The van der Waals surface area contributed by atoms with Crippen LogP contribution < -0.4 is 5.32 Å². The molecule has 0 aliphatic heterocycles. The highest BCUT2D eigenvalue weighted by Gasteiger charge is 2.23. The van der Waals surface area contributed by atoms with E-state index in [4.69, 9.17) is 4.74 Å². The number of thiazole rings is 1. The van der Waals surface area contributed by atoms with Crippen LogP contribution in [0, 0.1) is 0 Å². The number of aromatic nitrogens is 2. The monoisotopic (exact) mass is 483 g/mol. The number of carbonyl (C=O) groups is 2. The van der Waals surface area contributed by atoms with Gasteiger partial charge in [-0.25, -0.2) is 9.78 Å². The molecule has 3 aromatic rings. The second-order valence-corrected chi connectivity index (χ2v) is 10.4. The van der Waals surface area contributed by atoms with Gasteiger partial charge in [0, 0.05) is 17.1 Å². The van der Waals surface area contributed by atoms with E-state index in [1.165, 1.54) is 11.3 Å². The summed E-state index contributed by atoms with van der Waals surface area (Å²) < 4.78 is 5.50. The van der Waals surface area contributed by atoms with Gasteiger partial charge in [-0.3, -0.25) is 9.78 Å². The summed E-state index contributed by atoms with van der Waals surface area (Å²) in [4.78, 5) is 34.3. The van der Waals surface area contributed by atoms with E-state index in [-0.39, 0.29) is 17.9 Å². The summed E-state index contributed by atoms with van der Waals surface area (Å²) in [5.74, 6) is -0.0236. The van der Waals surface area contributed by atoms with Gasteiger partial charge in [0.2, 0.25) is 0 Å². The van der Waals surface area contributed by atoms with Crippen molar-refractivity contribution in [2.75, 3.05) is 12.0 Å². The van der Waals surface area contributed by atoms with Crippen LogP contribution in [0.4, 0.5) is 0 Å². The van der Waals surface area contributed by atoms with Crippen LogP contribution in [-0.2, 0) is 21.6 Å². The molecule has 0 aliphatic carbocycles. The van der Waals surface area contributed by atoms with Crippen LogP contribution in [-0.4, -0.2) is 39.9 Å². The van der Waals surface area contributed by atoms with E-state index in [9.17, 15) is 9.59 Å². The minimum Gasteiger partial charge on any atom is -0.458 e. The second-order valence-electron chi connectivity index (χ2n) is 8.60. The standard InChI is InChI=1S/C25H29N3O3S2/c1-25(2,3)18-10-8-17(9-11-18)22(29)28-21(12-14-32-4)24(30)31-15-19-16-33-23(27-19)20-7-5-6-13-26-20/h5-11,13,16,21H,12,14-15H2,1-4H3,(H,28,29). The number of ether oxygens (including phenoxy) is 1. The summed E-state index contributed by atoms with van der Waals surface area (Å²) in [5, 5.41) is 5.46. The molecular formula is C25H29N3O3S2. The third kappa shape index (κ3) is 7.14. The van der Waals surface area contributed by atoms with Gasteiger partial charge in [-0.2, -0.15) is 11.8 Å². The highest BCUT2D eigenvalue weighted by atomic mass is 32.2. The molecule has 0 aliphatic rings. The maximum Gasteiger partial charge on any atom is 0.329 e. The topological polar surface area (TPSA) is 81.2 Å². The van der Waals surface area contributed by atoms with Crippen LogP contribution in [0.15, 0.2) is 54.0 Å². The number of pyridine rings is 1. The van der Waals surface area contributed by atoms with Crippen LogP contribution in [0.25, 0.3) is 10.7 Å². The summed E-state index contributed by atoms with van der Waals surface area (Å²) in [5.41, 5.74) is 3.10. The molecule has 2 aromatic heterocycles. The average Bonchev–Trinajstić information content (AvgIpc) is 3.29. The van der Waals surface area contributed by atoms with Crippen molar-refractivity contribution < 1.29 is 14.3 Å². The number of thioether (sulfide) groups is 1. The molecule has 2 heterocycles. The lowest BCUT2D eigenvalue weighted by atomic mass is 9.86. The molecule has 0 radical (unpaired) electrons. The van der Waals surface area contributed by atoms with Crippen molar-refractivity contribution in [2.24, 2.45) is 0 Å². The first-order valence-electron chi connectivity index (χ1n) is 10.7. The van der Waals surface area contributed by atoms with Gasteiger partial charge < -0.3 is 10.1 Å². The minimum atomic E-state index is -0.721. The largest absolute Gasteiger partial charge is 0.458 e. The Balaban J connectivity index is 1.61. The van der Waals surface area contributed by atoms with Crippen molar-refractivity contribution in [1.29, 1.82) is 0 Å². The van der Waals surface area contributed by atoms with Gasteiger partial charge in [0.25, 0.3) is 5.91 Å². The van der Waals surface area contributed by atoms with Gasteiger partial charge in [-0.15, -0.1) is 11.3 Å². The van der Waals surface area contributed by atoms with E-state index in [2.05, 4.69) is 36.1 Å². The molecule has 0 bridgehead atoms. The summed E-state index contributed by atoms with van der Waals surface area (Å²) in [7, 11) is 0. The molecule has 1 amide bonds. The molecular weight excluding hydrogens is 454 g/mol. The van der Waals surface area contributed by atoms with Crippen molar-refractivity contribution in [3.05, 3.63) is 70.9 Å². The SMILES string of the molecule is CSCCC(NC(=O)c1ccc(C(C)(C)C)cc1)C(=O)OCc1csc(-c2ccccn2)n1. The summed E-state index contributed by atoms with van der Waals surface area (Å²) in [6.45, 7) is 6.42. The van der Waals surface area contributed by atoms with Gasteiger partial charge in [-0.1, -0.05) is 39.0 Å². The second kappa shape index (κ2) is 11.4. The molecule has 1 aromatic carbocycles. The Morgan fingerprint density at radius 3 is 2.55 bits per heavy atom. The fourth-order valence-corrected chi connectivity index (χ4v) is 4.32. The van der Waals surface area contributed by atoms with Gasteiger partial charge in [0.15, 0.2) is 0 Å². The molecule has 8 heteroatoms. The lowest BCUT2D eigenvalue weighted by Gasteiger charge is -2.20. The summed E-state index contributed by atoms with van der Waals surface area (Å²) in [6, 6.07) is 12.4. The zero-order valence-electron chi connectivity index (χ0n) is 19.3. The maximum absolute atomic E-state index is 12.8.